The van der Waals surface area contributed by atoms with Gasteiger partial charge in [0.2, 0.25) is 5.91 Å². The Morgan fingerprint density at radius 1 is 1.04 bits per heavy atom. The van der Waals surface area contributed by atoms with E-state index in [1.165, 1.54) is 0 Å². The van der Waals surface area contributed by atoms with Crippen molar-refractivity contribution < 1.29 is 14.3 Å². The topological polar surface area (TPSA) is 79.5 Å². The van der Waals surface area contributed by atoms with E-state index in [0.29, 0.717) is 24.0 Å². The molecule has 0 bridgehead atoms. The summed E-state index contributed by atoms with van der Waals surface area (Å²) < 4.78 is 5.72. The molecule has 0 atom stereocenters. The third-order valence-electron chi connectivity index (χ3n) is 4.25. The third kappa shape index (κ3) is 6.02. The third-order valence-corrected chi connectivity index (χ3v) is 4.25. The van der Waals surface area contributed by atoms with E-state index in [4.69, 9.17) is 4.74 Å². The van der Waals surface area contributed by atoms with Gasteiger partial charge in [0.1, 0.15) is 5.75 Å². The monoisotopic (exact) mass is 367 g/mol. The number of rotatable bonds is 7. The highest BCUT2D eigenvalue weighted by molar-refractivity contribution is 5.93. The number of aryl methyl sites for hydroxylation is 2. The van der Waals surface area contributed by atoms with Crippen molar-refractivity contribution in [2.24, 2.45) is 0 Å². The van der Waals surface area contributed by atoms with E-state index >= 15 is 0 Å². The first-order chi connectivity index (χ1) is 13.0. The summed E-state index contributed by atoms with van der Waals surface area (Å²) in [5.74, 6) is 0.663. The predicted octanol–water partition coefficient (Wildman–Crippen LogP) is 3.99. The largest absolute Gasteiger partial charge is 0.493 e. The first-order valence-corrected chi connectivity index (χ1v) is 9.17. The van der Waals surface area contributed by atoms with Gasteiger partial charge in [-0.15, -0.1) is 0 Å². The first-order valence-electron chi connectivity index (χ1n) is 9.17. The van der Waals surface area contributed by atoms with E-state index in [1.54, 1.807) is 24.3 Å². The minimum absolute atomic E-state index is 0.139. The van der Waals surface area contributed by atoms with Gasteiger partial charge in [-0.2, -0.15) is 0 Å². The van der Waals surface area contributed by atoms with Crippen molar-refractivity contribution in [3.8, 4) is 5.75 Å². The fourth-order valence-electron chi connectivity index (χ4n) is 2.59. The van der Waals surface area contributed by atoms with Gasteiger partial charge < -0.3 is 20.7 Å². The molecular formula is C21H25N3O3. The number of amides is 3. The van der Waals surface area contributed by atoms with Crippen LogP contribution in [0.5, 0.6) is 5.75 Å². The molecule has 0 aliphatic heterocycles. The second-order valence-corrected chi connectivity index (χ2v) is 6.87. The van der Waals surface area contributed by atoms with E-state index in [1.807, 2.05) is 32.0 Å². The Bertz CT molecular complexity index is 831. The number of nitrogens with one attached hydrogen (secondary N) is 3. The summed E-state index contributed by atoms with van der Waals surface area (Å²) >= 11 is 0. The van der Waals surface area contributed by atoms with Crippen LogP contribution in [0.1, 0.15) is 30.4 Å². The summed E-state index contributed by atoms with van der Waals surface area (Å²) in [6.45, 7) is 4.29. The number of benzene rings is 2. The van der Waals surface area contributed by atoms with Crippen molar-refractivity contribution in [2.75, 3.05) is 17.2 Å². The molecule has 0 unspecified atom stereocenters. The second-order valence-electron chi connectivity index (χ2n) is 6.87. The van der Waals surface area contributed by atoms with Crippen LogP contribution in [0.4, 0.5) is 16.2 Å². The Hall–Kier alpha value is -3.02. The zero-order chi connectivity index (χ0) is 19.2. The fraction of sp³-hybridized carbons (Fsp3) is 0.333. The molecule has 1 aliphatic carbocycles. The summed E-state index contributed by atoms with van der Waals surface area (Å²) in [6.07, 6.45) is 2.31. The molecule has 3 N–H and O–H groups in total. The van der Waals surface area contributed by atoms with Crippen molar-refractivity contribution in [1.82, 2.24) is 5.32 Å². The number of hydrogen-bond acceptors (Lipinski definition) is 3. The average Bonchev–Trinajstić information content (AvgIpc) is 3.42. The normalized spacial score (nSPS) is 13.0. The van der Waals surface area contributed by atoms with Crippen molar-refractivity contribution in [3.05, 3.63) is 53.6 Å². The smallest absolute Gasteiger partial charge is 0.319 e. The maximum absolute atomic E-state index is 12.2. The Balaban J connectivity index is 1.46. The average molecular weight is 367 g/mol. The zero-order valence-corrected chi connectivity index (χ0v) is 15.7. The number of carbonyl (C=O) groups is 2. The molecule has 27 heavy (non-hydrogen) atoms. The molecule has 2 aromatic carbocycles. The molecule has 0 saturated heterocycles. The van der Waals surface area contributed by atoms with Crippen LogP contribution in [-0.2, 0) is 4.79 Å². The minimum atomic E-state index is -0.220. The van der Waals surface area contributed by atoms with Crippen LogP contribution in [-0.4, -0.2) is 24.6 Å². The molecular weight excluding hydrogens is 342 g/mol. The summed E-state index contributed by atoms with van der Waals surface area (Å²) in [5, 5.41) is 8.47. The fourth-order valence-corrected chi connectivity index (χ4v) is 2.59. The summed E-state index contributed by atoms with van der Waals surface area (Å²) in [5.41, 5.74) is 3.44. The summed E-state index contributed by atoms with van der Waals surface area (Å²) in [6, 6.07) is 13.2. The van der Waals surface area contributed by atoms with Crippen LogP contribution >= 0.6 is 0 Å². The summed E-state index contributed by atoms with van der Waals surface area (Å²) in [4.78, 5) is 23.9. The molecule has 0 spiro atoms. The van der Waals surface area contributed by atoms with Gasteiger partial charge in [0.15, 0.2) is 0 Å². The SMILES string of the molecule is Cc1ccc(C)c(OCCC(=O)Nc2cccc(NC(=O)NC3CC3)c2)c1. The lowest BCUT2D eigenvalue weighted by Crippen LogP contribution is -2.30. The van der Waals surface area contributed by atoms with Crippen LogP contribution < -0.4 is 20.7 Å². The van der Waals surface area contributed by atoms with Gasteiger partial charge >= 0.3 is 6.03 Å². The number of hydrogen-bond donors (Lipinski definition) is 3. The Kier molecular flexibility index (Phi) is 5.96. The molecule has 142 valence electrons. The lowest BCUT2D eigenvalue weighted by Gasteiger charge is -2.11. The molecule has 3 rings (SSSR count). The molecule has 6 nitrogen and oxygen atoms in total. The van der Waals surface area contributed by atoms with Gasteiger partial charge in [0.05, 0.1) is 13.0 Å². The van der Waals surface area contributed by atoms with E-state index in [2.05, 4.69) is 16.0 Å². The van der Waals surface area contributed by atoms with E-state index in [-0.39, 0.29) is 18.4 Å². The van der Waals surface area contributed by atoms with E-state index in [9.17, 15) is 9.59 Å². The molecule has 3 amide bonds. The lowest BCUT2D eigenvalue weighted by molar-refractivity contribution is -0.116. The molecule has 2 aromatic rings. The van der Waals surface area contributed by atoms with Gasteiger partial charge in [-0.25, -0.2) is 4.79 Å². The Morgan fingerprint density at radius 3 is 2.52 bits per heavy atom. The second kappa shape index (κ2) is 8.58. The van der Waals surface area contributed by atoms with Gasteiger partial charge in [-0.05, 0) is 62.1 Å². The predicted molar refractivity (Wildman–Crippen MR) is 106 cm³/mol. The molecule has 1 fully saturated rings. The quantitative estimate of drug-likeness (QED) is 0.692. The number of anilines is 2. The molecule has 0 aromatic heterocycles. The van der Waals surface area contributed by atoms with Crippen molar-refractivity contribution in [1.29, 1.82) is 0 Å². The molecule has 0 radical (unpaired) electrons. The highest BCUT2D eigenvalue weighted by atomic mass is 16.5. The zero-order valence-electron chi connectivity index (χ0n) is 15.7. The van der Waals surface area contributed by atoms with Crippen molar-refractivity contribution in [3.63, 3.8) is 0 Å². The van der Waals surface area contributed by atoms with Crippen molar-refractivity contribution >= 4 is 23.3 Å². The van der Waals surface area contributed by atoms with Crippen LogP contribution in [0.25, 0.3) is 0 Å². The minimum Gasteiger partial charge on any atom is -0.493 e. The van der Waals surface area contributed by atoms with Crippen LogP contribution in [0.15, 0.2) is 42.5 Å². The lowest BCUT2D eigenvalue weighted by atomic mass is 10.1. The van der Waals surface area contributed by atoms with Gasteiger partial charge in [0.25, 0.3) is 0 Å². The molecule has 6 heteroatoms. The number of carbonyl (C=O) groups excluding carboxylic acids is 2. The Morgan fingerprint density at radius 2 is 1.78 bits per heavy atom. The van der Waals surface area contributed by atoms with E-state index < -0.39 is 0 Å². The van der Waals surface area contributed by atoms with Crippen LogP contribution in [0.3, 0.4) is 0 Å². The van der Waals surface area contributed by atoms with E-state index in [0.717, 1.165) is 29.7 Å². The molecule has 0 heterocycles. The van der Waals surface area contributed by atoms with Crippen molar-refractivity contribution in [2.45, 2.75) is 39.2 Å². The van der Waals surface area contributed by atoms with Gasteiger partial charge in [0, 0.05) is 17.4 Å². The highest BCUT2D eigenvalue weighted by Crippen LogP contribution is 2.20. The number of ether oxygens (including phenoxy) is 1. The van der Waals surface area contributed by atoms with Crippen LogP contribution in [0, 0.1) is 13.8 Å². The van der Waals surface area contributed by atoms with Crippen LogP contribution in [0.2, 0.25) is 0 Å². The Labute approximate surface area is 159 Å². The molecule has 1 saturated carbocycles. The number of urea groups is 1. The van der Waals surface area contributed by atoms with Gasteiger partial charge in [-0.3, -0.25) is 4.79 Å². The molecule has 1 aliphatic rings. The van der Waals surface area contributed by atoms with Gasteiger partial charge in [-0.1, -0.05) is 18.2 Å². The maximum atomic E-state index is 12.2. The standard InChI is InChI=1S/C21H25N3O3/c1-14-6-7-15(2)19(12-14)27-11-10-20(25)22-17-4-3-5-18(13-17)24-21(26)23-16-8-9-16/h3-7,12-13,16H,8-11H2,1-2H3,(H,22,25)(H2,23,24,26). The highest BCUT2D eigenvalue weighted by Gasteiger charge is 2.23. The maximum Gasteiger partial charge on any atom is 0.319 e. The first kappa shape index (κ1) is 18.8. The summed E-state index contributed by atoms with van der Waals surface area (Å²) in [7, 11) is 0.